The molecule has 0 spiro atoms. The first-order valence-corrected chi connectivity index (χ1v) is 10.7. The van der Waals surface area contributed by atoms with Crippen LogP contribution in [0.2, 0.25) is 0 Å². The number of hydrogen-bond acceptors (Lipinski definition) is 6. The molecule has 0 unspecified atom stereocenters. The van der Waals surface area contributed by atoms with Crippen LogP contribution in [-0.4, -0.2) is 47.6 Å². The van der Waals surface area contributed by atoms with Crippen LogP contribution >= 0.6 is 0 Å². The smallest absolute Gasteiger partial charge is 0.220 e. The van der Waals surface area contributed by atoms with Crippen LogP contribution in [0.1, 0.15) is 52.4 Å². The van der Waals surface area contributed by atoms with Crippen molar-refractivity contribution in [2.45, 2.75) is 64.3 Å². The lowest BCUT2D eigenvalue weighted by molar-refractivity contribution is -0.216. The van der Waals surface area contributed by atoms with Gasteiger partial charge in [0.25, 0.3) is 0 Å². The van der Waals surface area contributed by atoms with Gasteiger partial charge in [0.15, 0.2) is 5.78 Å². The number of hydrogen-bond donors (Lipinski definition) is 2. The van der Waals surface area contributed by atoms with Crippen molar-refractivity contribution in [1.29, 1.82) is 0 Å². The van der Waals surface area contributed by atoms with E-state index in [-0.39, 0.29) is 23.9 Å². The Morgan fingerprint density at radius 1 is 1.21 bits per heavy atom. The van der Waals surface area contributed by atoms with E-state index in [1.165, 1.54) is 12.7 Å². The van der Waals surface area contributed by atoms with Gasteiger partial charge < -0.3 is 19.7 Å². The molecule has 4 rings (SSSR count). The summed E-state index contributed by atoms with van der Waals surface area (Å²) in [6.45, 7) is 4.28. The third kappa shape index (κ3) is 2.83. The van der Waals surface area contributed by atoms with E-state index in [1.807, 2.05) is 6.08 Å². The van der Waals surface area contributed by atoms with E-state index in [9.17, 15) is 19.8 Å². The highest BCUT2D eigenvalue weighted by Crippen LogP contribution is 2.67. The van der Waals surface area contributed by atoms with Crippen molar-refractivity contribution in [3.05, 3.63) is 23.8 Å². The predicted molar refractivity (Wildman–Crippen MR) is 106 cm³/mol. The molecule has 0 aliphatic heterocycles. The van der Waals surface area contributed by atoms with Crippen molar-refractivity contribution in [1.82, 2.24) is 0 Å². The highest BCUT2D eigenvalue weighted by molar-refractivity contribution is 6.01. The predicted octanol–water partition coefficient (Wildman–Crippen LogP) is 2.53. The molecule has 160 valence electrons. The lowest BCUT2D eigenvalue weighted by atomic mass is 9.47. The number of carbonyl (C=O) groups is 2. The van der Waals surface area contributed by atoms with Gasteiger partial charge in [-0.15, -0.1) is 0 Å². The lowest BCUT2D eigenvalue weighted by Gasteiger charge is -2.58. The Labute approximate surface area is 172 Å². The van der Waals surface area contributed by atoms with Crippen LogP contribution in [0.25, 0.3) is 0 Å². The molecule has 0 aromatic rings. The fourth-order valence-corrected chi connectivity index (χ4v) is 7.28. The van der Waals surface area contributed by atoms with E-state index in [4.69, 9.17) is 9.47 Å². The van der Waals surface area contributed by atoms with Gasteiger partial charge in [0.05, 0.1) is 0 Å². The largest absolute Gasteiger partial charge is 0.362 e. The van der Waals surface area contributed by atoms with Crippen molar-refractivity contribution in [2.75, 3.05) is 13.9 Å². The Kier molecular flexibility index (Phi) is 5.13. The number of ketones is 2. The second-order valence-corrected chi connectivity index (χ2v) is 9.71. The summed E-state index contributed by atoms with van der Waals surface area (Å²) in [6, 6.07) is 0. The van der Waals surface area contributed by atoms with Crippen LogP contribution in [0.3, 0.4) is 0 Å². The van der Waals surface area contributed by atoms with Crippen LogP contribution < -0.4 is 0 Å². The molecule has 2 N–H and O–H groups in total. The van der Waals surface area contributed by atoms with Gasteiger partial charge in [0.1, 0.15) is 12.4 Å². The highest BCUT2D eigenvalue weighted by atomic mass is 16.7. The molecular formula is C23H32O6. The molecule has 0 heterocycles. The molecule has 3 saturated carbocycles. The van der Waals surface area contributed by atoms with Gasteiger partial charge in [-0.25, -0.2) is 0 Å². The van der Waals surface area contributed by atoms with E-state index >= 15 is 0 Å². The summed E-state index contributed by atoms with van der Waals surface area (Å²) in [4.78, 5) is 24.9. The van der Waals surface area contributed by atoms with Gasteiger partial charge in [-0.3, -0.25) is 9.59 Å². The minimum atomic E-state index is -2.05. The van der Waals surface area contributed by atoms with Gasteiger partial charge in [0.2, 0.25) is 12.1 Å². The standard InChI is InChI=1S/C23H32O6/c1-21-9-6-15(24)12-14(21)4-5-16-17(21)7-10-22(2)18(16)8-11-23(22,29-13-28-3)19(25)20(26)27/h6,9,12,16-18,20,26-27H,4-5,7-8,10-11,13H2,1-3H3/t16-,17+,18+,21+,22+,23+/m1/s1. The number of Topliss-reactive ketones (excluding diaryl/α,β-unsaturated/α-hetero) is 1. The number of allylic oxidation sites excluding steroid dienone is 4. The molecule has 29 heavy (non-hydrogen) atoms. The van der Waals surface area contributed by atoms with Gasteiger partial charge in [-0.1, -0.05) is 25.5 Å². The molecule has 0 radical (unpaired) electrons. The molecule has 3 fully saturated rings. The summed E-state index contributed by atoms with van der Waals surface area (Å²) in [5, 5.41) is 19.5. The first-order valence-electron chi connectivity index (χ1n) is 10.7. The molecule has 4 aliphatic carbocycles. The van der Waals surface area contributed by atoms with Crippen LogP contribution in [0.15, 0.2) is 23.8 Å². The van der Waals surface area contributed by atoms with E-state index in [0.717, 1.165) is 32.1 Å². The zero-order valence-electron chi connectivity index (χ0n) is 17.5. The van der Waals surface area contributed by atoms with Crippen molar-refractivity contribution >= 4 is 11.6 Å². The van der Waals surface area contributed by atoms with Gasteiger partial charge in [0, 0.05) is 17.9 Å². The van der Waals surface area contributed by atoms with E-state index in [0.29, 0.717) is 18.3 Å². The zero-order valence-corrected chi connectivity index (χ0v) is 17.5. The Balaban J connectivity index is 1.69. The Bertz CT molecular complexity index is 769. The first kappa shape index (κ1) is 20.9. The second kappa shape index (κ2) is 7.12. The molecule has 0 aromatic heterocycles. The maximum absolute atomic E-state index is 13.0. The van der Waals surface area contributed by atoms with E-state index < -0.39 is 23.1 Å². The topological polar surface area (TPSA) is 93.1 Å². The molecule has 0 aromatic carbocycles. The number of aliphatic hydroxyl groups excluding tert-OH is 1. The summed E-state index contributed by atoms with van der Waals surface area (Å²) in [7, 11) is 1.51. The number of fused-ring (bicyclic) bond motifs is 5. The average Bonchev–Trinajstić information content (AvgIpc) is 2.99. The van der Waals surface area contributed by atoms with E-state index in [1.54, 1.807) is 6.08 Å². The number of rotatable bonds is 5. The summed E-state index contributed by atoms with van der Waals surface area (Å²) >= 11 is 0. The third-order valence-corrected chi connectivity index (χ3v) is 8.73. The quantitative estimate of drug-likeness (QED) is 0.684. The monoisotopic (exact) mass is 404 g/mol. The van der Waals surface area contributed by atoms with Gasteiger partial charge in [-0.2, -0.15) is 0 Å². The molecule has 0 saturated heterocycles. The Hall–Kier alpha value is -1.34. The average molecular weight is 405 g/mol. The lowest BCUT2D eigenvalue weighted by Crippen LogP contribution is -2.60. The van der Waals surface area contributed by atoms with Crippen molar-refractivity contribution in [3.8, 4) is 0 Å². The first-order chi connectivity index (χ1) is 13.7. The summed E-state index contributed by atoms with van der Waals surface area (Å²) < 4.78 is 11.1. The fourth-order valence-electron chi connectivity index (χ4n) is 7.28. The normalized spacial score (nSPS) is 43.6. The van der Waals surface area contributed by atoms with Crippen molar-refractivity contribution in [2.24, 2.45) is 28.6 Å². The molecule has 0 bridgehead atoms. The highest BCUT2D eigenvalue weighted by Gasteiger charge is 2.68. The van der Waals surface area contributed by atoms with Crippen LogP contribution in [0.5, 0.6) is 0 Å². The second-order valence-electron chi connectivity index (χ2n) is 9.71. The van der Waals surface area contributed by atoms with Crippen LogP contribution in [0, 0.1) is 28.6 Å². The number of aliphatic hydroxyl groups is 2. The minimum absolute atomic E-state index is 0.0513. The number of methoxy groups -OCH3 is 1. The molecule has 0 amide bonds. The molecule has 6 heteroatoms. The Morgan fingerprint density at radius 2 is 1.93 bits per heavy atom. The van der Waals surface area contributed by atoms with Gasteiger partial charge in [-0.05, 0) is 68.4 Å². The maximum Gasteiger partial charge on any atom is 0.220 e. The fraction of sp³-hybridized carbons (Fsp3) is 0.739. The SMILES string of the molecule is COCO[C@]1(C(=O)C(O)O)CC[C@H]2[C@@H]3CCC4=CC(=O)C=C[C@]4(C)[C@H]3CC[C@@]21C. The van der Waals surface area contributed by atoms with Gasteiger partial charge >= 0.3 is 0 Å². The summed E-state index contributed by atoms with van der Waals surface area (Å²) in [5.41, 5.74) is -0.588. The van der Waals surface area contributed by atoms with Crippen molar-refractivity contribution in [3.63, 3.8) is 0 Å². The molecule has 6 atom stereocenters. The van der Waals surface area contributed by atoms with Crippen molar-refractivity contribution < 1.29 is 29.3 Å². The molecular weight excluding hydrogens is 372 g/mol. The number of carbonyl (C=O) groups excluding carboxylic acids is 2. The number of ether oxygens (including phenoxy) is 2. The summed E-state index contributed by atoms with van der Waals surface area (Å²) in [6.07, 6.45) is 8.42. The Morgan fingerprint density at radius 3 is 2.62 bits per heavy atom. The molecule has 4 aliphatic rings. The van der Waals surface area contributed by atoms with E-state index in [2.05, 4.69) is 19.9 Å². The third-order valence-electron chi connectivity index (χ3n) is 8.73. The molecule has 6 nitrogen and oxygen atoms in total. The zero-order chi connectivity index (χ0) is 21.0. The summed E-state index contributed by atoms with van der Waals surface area (Å²) in [5.74, 6) is 0.503. The minimum Gasteiger partial charge on any atom is -0.362 e. The van der Waals surface area contributed by atoms with Crippen LogP contribution in [0.4, 0.5) is 0 Å². The maximum atomic E-state index is 13.0. The van der Waals surface area contributed by atoms with Crippen LogP contribution in [-0.2, 0) is 19.1 Å².